The summed E-state index contributed by atoms with van der Waals surface area (Å²) in [4.78, 5) is 4.09. The summed E-state index contributed by atoms with van der Waals surface area (Å²) in [6.45, 7) is 6.19. The Morgan fingerprint density at radius 1 is 1.14 bits per heavy atom. The minimum absolute atomic E-state index is 0.139. The number of hydrogen-bond acceptors (Lipinski definition) is 5. The number of aromatic hydroxyl groups is 2. The van der Waals surface area contributed by atoms with E-state index in [1.54, 1.807) is 36.3 Å². The van der Waals surface area contributed by atoms with E-state index in [0.717, 1.165) is 16.5 Å². The normalized spacial score (nSPS) is 11.5. The molecular weight excluding hydrogens is 356 g/mol. The lowest BCUT2D eigenvalue weighted by Gasteiger charge is -2.16. The average Bonchev–Trinajstić information content (AvgIpc) is 3.28. The van der Waals surface area contributed by atoms with Crippen LogP contribution < -0.4 is 4.74 Å². The van der Waals surface area contributed by atoms with Gasteiger partial charge in [-0.1, -0.05) is 13.8 Å². The molecule has 0 unspecified atom stereocenters. The Labute approximate surface area is 162 Å². The van der Waals surface area contributed by atoms with Crippen molar-refractivity contribution in [3.8, 4) is 34.5 Å². The molecule has 0 fully saturated rings. The summed E-state index contributed by atoms with van der Waals surface area (Å²) in [6.07, 6.45) is 3.13. The maximum Gasteiger partial charge on any atom is 0.299 e. The van der Waals surface area contributed by atoms with Gasteiger partial charge >= 0.3 is 0 Å². The monoisotopic (exact) mass is 378 g/mol. The van der Waals surface area contributed by atoms with E-state index in [9.17, 15) is 10.2 Å². The number of aryl methyl sites for hydroxylation is 1. The molecule has 0 spiro atoms. The number of phenols is 1. The molecule has 28 heavy (non-hydrogen) atoms. The van der Waals surface area contributed by atoms with Crippen molar-refractivity contribution in [1.29, 1.82) is 0 Å². The van der Waals surface area contributed by atoms with Gasteiger partial charge in [0.2, 0.25) is 0 Å². The van der Waals surface area contributed by atoms with E-state index in [1.165, 1.54) is 0 Å². The van der Waals surface area contributed by atoms with Crippen molar-refractivity contribution >= 4 is 11.0 Å². The van der Waals surface area contributed by atoms with Crippen LogP contribution in [0.1, 0.15) is 30.9 Å². The zero-order valence-electron chi connectivity index (χ0n) is 16.2. The molecule has 0 bridgehead atoms. The number of imidazole rings is 1. The lowest BCUT2D eigenvalue weighted by Crippen LogP contribution is -2.00. The lowest BCUT2D eigenvalue weighted by atomic mass is 9.94. The van der Waals surface area contributed by atoms with E-state index in [4.69, 9.17) is 9.15 Å². The van der Waals surface area contributed by atoms with Gasteiger partial charge in [0.05, 0.1) is 31.0 Å². The summed E-state index contributed by atoms with van der Waals surface area (Å²) in [5.41, 5.74) is 4.60. The van der Waals surface area contributed by atoms with Gasteiger partial charge in [-0.2, -0.15) is 0 Å². The molecule has 2 aromatic heterocycles. The molecule has 0 amide bonds. The first kappa shape index (κ1) is 18.0. The fraction of sp³-hybridized carbons (Fsp3) is 0.227. The van der Waals surface area contributed by atoms with Gasteiger partial charge in [-0.3, -0.25) is 4.57 Å². The molecule has 0 saturated heterocycles. The third-order valence-electron chi connectivity index (χ3n) is 5.04. The number of nitrogens with zero attached hydrogens (tertiary/aromatic N) is 2. The second-order valence-electron chi connectivity index (χ2n) is 7.11. The van der Waals surface area contributed by atoms with E-state index >= 15 is 0 Å². The summed E-state index contributed by atoms with van der Waals surface area (Å²) in [5.74, 6) is 1.04. The topological polar surface area (TPSA) is 80.7 Å². The number of hydrogen-bond donors (Lipinski definition) is 2. The van der Waals surface area contributed by atoms with Crippen LogP contribution in [0, 0.1) is 6.92 Å². The van der Waals surface area contributed by atoms with E-state index < -0.39 is 0 Å². The van der Waals surface area contributed by atoms with Crippen LogP contribution in [0.2, 0.25) is 0 Å². The van der Waals surface area contributed by atoms with Crippen LogP contribution in [0.15, 0.2) is 47.2 Å². The van der Waals surface area contributed by atoms with Crippen molar-refractivity contribution in [2.45, 2.75) is 26.7 Å². The Balaban J connectivity index is 1.99. The Hall–Kier alpha value is -3.41. The highest BCUT2D eigenvalue weighted by Crippen LogP contribution is 2.40. The van der Waals surface area contributed by atoms with Gasteiger partial charge in [-0.15, -0.1) is 0 Å². The molecule has 4 rings (SSSR count). The molecule has 0 saturated carbocycles. The SMILES string of the molecule is COc1ccc(-n2c(-c3cc(C(C)C)c(C)cc3O)cnc2O)c2ccoc12. The predicted octanol–water partition coefficient (Wildman–Crippen LogP) is 5.14. The summed E-state index contributed by atoms with van der Waals surface area (Å²) >= 11 is 0. The van der Waals surface area contributed by atoms with E-state index in [-0.39, 0.29) is 11.8 Å². The zero-order chi connectivity index (χ0) is 20.0. The predicted molar refractivity (Wildman–Crippen MR) is 107 cm³/mol. The van der Waals surface area contributed by atoms with Gasteiger partial charge in [0.1, 0.15) is 5.75 Å². The first-order valence-corrected chi connectivity index (χ1v) is 9.07. The van der Waals surface area contributed by atoms with Crippen LogP contribution in [-0.2, 0) is 0 Å². The molecule has 2 N–H and O–H groups in total. The van der Waals surface area contributed by atoms with Gasteiger partial charge in [-0.25, -0.2) is 4.98 Å². The average molecular weight is 378 g/mol. The van der Waals surface area contributed by atoms with Crippen molar-refractivity contribution in [2.75, 3.05) is 7.11 Å². The summed E-state index contributed by atoms with van der Waals surface area (Å²) in [5, 5.41) is 21.9. The van der Waals surface area contributed by atoms with Gasteiger partial charge in [0.15, 0.2) is 11.3 Å². The molecule has 2 heterocycles. The zero-order valence-corrected chi connectivity index (χ0v) is 16.2. The summed E-state index contributed by atoms with van der Waals surface area (Å²) < 4.78 is 12.5. The number of benzene rings is 2. The number of rotatable bonds is 4. The van der Waals surface area contributed by atoms with Crippen molar-refractivity contribution in [2.24, 2.45) is 0 Å². The molecule has 0 radical (unpaired) electrons. The van der Waals surface area contributed by atoms with Crippen LogP contribution in [0.3, 0.4) is 0 Å². The second-order valence-corrected chi connectivity index (χ2v) is 7.11. The largest absolute Gasteiger partial charge is 0.507 e. The fourth-order valence-corrected chi connectivity index (χ4v) is 3.68. The molecule has 6 heteroatoms. The van der Waals surface area contributed by atoms with Crippen LogP contribution in [-0.4, -0.2) is 26.9 Å². The van der Waals surface area contributed by atoms with Crippen molar-refractivity contribution in [3.63, 3.8) is 0 Å². The molecule has 0 aliphatic carbocycles. The Bertz CT molecular complexity index is 1170. The third-order valence-corrected chi connectivity index (χ3v) is 5.04. The fourth-order valence-electron chi connectivity index (χ4n) is 3.68. The number of aromatic nitrogens is 2. The van der Waals surface area contributed by atoms with Crippen molar-refractivity contribution in [3.05, 3.63) is 53.9 Å². The van der Waals surface area contributed by atoms with Gasteiger partial charge in [0.25, 0.3) is 6.01 Å². The minimum Gasteiger partial charge on any atom is -0.507 e. The number of fused-ring (bicyclic) bond motifs is 1. The van der Waals surface area contributed by atoms with Gasteiger partial charge < -0.3 is 19.4 Å². The lowest BCUT2D eigenvalue weighted by molar-refractivity contribution is 0.409. The van der Waals surface area contributed by atoms with E-state index in [1.807, 2.05) is 25.1 Å². The number of furan rings is 1. The number of phenolic OH excluding ortho intramolecular Hbond substituents is 1. The van der Waals surface area contributed by atoms with Crippen LogP contribution in [0.4, 0.5) is 0 Å². The smallest absolute Gasteiger partial charge is 0.299 e. The molecule has 4 aromatic rings. The van der Waals surface area contributed by atoms with Crippen molar-refractivity contribution < 1.29 is 19.4 Å². The summed E-state index contributed by atoms with van der Waals surface area (Å²) in [6, 6.07) is 8.95. The molecule has 144 valence electrons. The number of ether oxygens (including phenoxy) is 1. The molecule has 6 nitrogen and oxygen atoms in total. The highest BCUT2D eigenvalue weighted by molar-refractivity contribution is 5.92. The standard InChI is InChI=1S/C22H22N2O4/c1-12(2)15-10-16(19(25)9-13(15)3)18-11-23-22(26)24(18)17-5-6-20(27-4)21-14(17)7-8-28-21/h5-12,25H,1-4H3,(H,23,26). The highest BCUT2D eigenvalue weighted by Gasteiger charge is 2.21. The third kappa shape index (κ3) is 2.69. The molecule has 0 atom stereocenters. The molecule has 2 aromatic carbocycles. The first-order valence-electron chi connectivity index (χ1n) is 9.07. The van der Waals surface area contributed by atoms with Crippen molar-refractivity contribution in [1.82, 2.24) is 9.55 Å². The molecular formula is C22H22N2O4. The maximum atomic E-state index is 10.6. The van der Waals surface area contributed by atoms with Crippen LogP contribution >= 0.6 is 0 Å². The Morgan fingerprint density at radius 3 is 2.64 bits per heavy atom. The minimum atomic E-state index is -0.172. The Morgan fingerprint density at radius 2 is 1.93 bits per heavy atom. The first-order chi connectivity index (χ1) is 13.4. The molecule has 0 aliphatic rings. The van der Waals surface area contributed by atoms with Gasteiger partial charge in [0, 0.05) is 10.9 Å². The maximum absolute atomic E-state index is 10.6. The number of methoxy groups -OCH3 is 1. The van der Waals surface area contributed by atoms with Gasteiger partial charge in [-0.05, 0) is 54.3 Å². The van der Waals surface area contributed by atoms with Crippen LogP contribution in [0.5, 0.6) is 17.5 Å². The van der Waals surface area contributed by atoms with Crippen LogP contribution in [0.25, 0.3) is 27.9 Å². The highest BCUT2D eigenvalue weighted by atomic mass is 16.5. The quantitative estimate of drug-likeness (QED) is 0.514. The second kappa shape index (κ2) is 6.64. The van der Waals surface area contributed by atoms with E-state index in [2.05, 4.69) is 18.8 Å². The molecule has 0 aliphatic heterocycles. The summed E-state index contributed by atoms with van der Waals surface area (Å²) in [7, 11) is 1.58. The Kier molecular flexibility index (Phi) is 4.26. The van der Waals surface area contributed by atoms with E-state index in [0.29, 0.717) is 34.2 Å².